The van der Waals surface area contributed by atoms with Crippen LogP contribution in [-0.2, 0) is 25.4 Å². The van der Waals surface area contributed by atoms with Gasteiger partial charge in [0, 0.05) is 32.6 Å². The summed E-state index contributed by atoms with van der Waals surface area (Å²) in [6.07, 6.45) is 0. The van der Waals surface area contributed by atoms with Crippen molar-refractivity contribution in [2.45, 2.75) is 27.3 Å². The lowest BCUT2D eigenvalue weighted by Crippen LogP contribution is -2.37. The van der Waals surface area contributed by atoms with Gasteiger partial charge in [0.25, 0.3) is 5.56 Å². The van der Waals surface area contributed by atoms with Gasteiger partial charge in [-0.3, -0.25) is 23.3 Å². The molecule has 0 aliphatic carbocycles. The van der Waals surface area contributed by atoms with E-state index in [4.69, 9.17) is 0 Å². The quantitative estimate of drug-likeness (QED) is 0.589. The van der Waals surface area contributed by atoms with Gasteiger partial charge in [0.2, 0.25) is 11.9 Å². The highest BCUT2D eigenvalue weighted by atomic mass is 16.2. The summed E-state index contributed by atoms with van der Waals surface area (Å²) in [5, 5.41) is 6.07. The van der Waals surface area contributed by atoms with E-state index < -0.39 is 16.7 Å². The highest BCUT2D eigenvalue weighted by Gasteiger charge is 2.21. The van der Waals surface area contributed by atoms with Gasteiger partial charge < -0.3 is 10.6 Å². The Hall–Kier alpha value is -3.36. The monoisotopic (exact) mass is 412 g/mol. The smallest absolute Gasteiger partial charge is 0.332 e. The van der Waals surface area contributed by atoms with Crippen LogP contribution in [0.5, 0.6) is 0 Å². The third-order valence-corrected chi connectivity index (χ3v) is 4.91. The van der Waals surface area contributed by atoms with Gasteiger partial charge in [-0.15, -0.1) is 0 Å². The first-order chi connectivity index (χ1) is 14.1. The zero-order valence-corrected chi connectivity index (χ0v) is 18.0. The summed E-state index contributed by atoms with van der Waals surface area (Å²) in [4.78, 5) is 41.8. The van der Waals surface area contributed by atoms with Crippen LogP contribution < -0.4 is 21.9 Å². The fourth-order valence-corrected chi connectivity index (χ4v) is 3.12. The first-order valence-electron chi connectivity index (χ1n) is 9.83. The first kappa shape index (κ1) is 21.4. The van der Waals surface area contributed by atoms with Crippen molar-refractivity contribution in [3.05, 3.63) is 56.7 Å². The predicted molar refractivity (Wildman–Crippen MR) is 117 cm³/mol. The summed E-state index contributed by atoms with van der Waals surface area (Å²) < 4.78 is 4.22. The molecule has 2 aromatic heterocycles. The van der Waals surface area contributed by atoms with Crippen molar-refractivity contribution in [3.63, 3.8) is 0 Å². The number of benzene rings is 1. The Morgan fingerprint density at radius 1 is 1.03 bits per heavy atom. The van der Waals surface area contributed by atoms with E-state index in [2.05, 4.69) is 15.6 Å². The minimum Gasteiger partial charge on any atom is -0.354 e. The fraction of sp³-hybridized carbons (Fsp3) is 0.429. The van der Waals surface area contributed by atoms with Gasteiger partial charge in [-0.25, -0.2) is 4.79 Å². The maximum Gasteiger partial charge on any atom is 0.332 e. The van der Waals surface area contributed by atoms with E-state index >= 15 is 0 Å². The Morgan fingerprint density at radius 2 is 1.70 bits per heavy atom. The minimum absolute atomic E-state index is 0.0432. The fourth-order valence-electron chi connectivity index (χ4n) is 3.12. The van der Waals surface area contributed by atoms with Crippen LogP contribution in [0.25, 0.3) is 11.2 Å². The van der Waals surface area contributed by atoms with E-state index in [1.165, 1.54) is 11.6 Å². The average molecular weight is 412 g/mol. The van der Waals surface area contributed by atoms with Crippen molar-refractivity contribution in [2.24, 2.45) is 19.5 Å². The summed E-state index contributed by atoms with van der Waals surface area (Å²) in [5.74, 6) is 0.426. The van der Waals surface area contributed by atoms with Crippen LogP contribution >= 0.6 is 0 Å². The highest BCUT2D eigenvalue weighted by Crippen LogP contribution is 2.18. The molecule has 1 amide bonds. The van der Waals surface area contributed by atoms with E-state index in [-0.39, 0.29) is 5.91 Å². The number of fused-ring (bicyclic) bond motifs is 1. The molecule has 160 valence electrons. The van der Waals surface area contributed by atoms with Gasteiger partial charge in [-0.2, -0.15) is 4.98 Å². The van der Waals surface area contributed by atoms with Crippen molar-refractivity contribution in [2.75, 3.05) is 18.4 Å². The number of carbonyl (C=O) groups excluding carboxylic acids is 1. The molecule has 0 saturated heterocycles. The molecular formula is C21H28N6O3. The topological polar surface area (TPSA) is 103 Å². The summed E-state index contributed by atoms with van der Waals surface area (Å²) in [5.41, 5.74) is 0.374. The van der Waals surface area contributed by atoms with E-state index in [0.717, 1.165) is 10.1 Å². The number of imidazole rings is 1. The SMILES string of the molecule is Cn1c(=O)c2c(nc(NCCNC(=O)C(C)(C)C)n2Cc2ccccc2)n(C)c1=O. The Balaban J connectivity index is 1.96. The predicted octanol–water partition coefficient (Wildman–Crippen LogP) is 1.06. The van der Waals surface area contributed by atoms with Gasteiger partial charge in [-0.05, 0) is 5.56 Å². The number of hydrogen-bond acceptors (Lipinski definition) is 5. The van der Waals surface area contributed by atoms with Crippen LogP contribution in [0, 0.1) is 5.41 Å². The van der Waals surface area contributed by atoms with Gasteiger partial charge >= 0.3 is 5.69 Å². The third kappa shape index (κ3) is 4.14. The normalized spacial score (nSPS) is 11.6. The Kier molecular flexibility index (Phi) is 5.82. The molecule has 1 aromatic carbocycles. The van der Waals surface area contributed by atoms with Crippen molar-refractivity contribution < 1.29 is 4.79 Å². The maximum atomic E-state index is 12.9. The third-order valence-electron chi connectivity index (χ3n) is 4.91. The largest absolute Gasteiger partial charge is 0.354 e. The number of aryl methyl sites for hydroxylation is 1. The zero-order chi connectivity index (χ0) is 22.1. The number of carbonyl (C=O) groups is 1. The van der Waals surface area contributed by atoms with Crippen LogP contribution in [0.2, 0.25) is 0 Å². The highest BCUT2D eigenvalue weighted by molar-refractivity contribution is 5.81. The van der Waals surface area contributed by atoms with Crippen molar-refractivity contribution >= 4 is 23.0 Å². The summed E-state index contributed by atoms with van der Waals surface area (Å²) >= 11 is 0. The number of nitrogens with one attached hydrogen (secondary N) is 2. The molecule has 0 spiro atoms. The maximum absolute atomic E-state index is 12.9. The van der Waals surface area contributed by atoms with Gasteiger partial charge in [0.05, 0.1) is 6.54 Å². The van der Waals surface area contributed by atoms with E-state index in [0.29, 0.717) is 36.7 Å². The molecule has 0 aliphatic rings. The Morgan fingerprint density at radius 3 is 2.33 bits per heavy atom. The van der Waals surface area contributed by atoms with Gasteiger partial charge in [-0.1, -0.05) is 51.1 Å². The number of anilines is 1. The zero-order valence-electron chi connectivity index (χ0n) is 18.0. The van der Waals surface area contributed by atoms with Crippen LogP contribution in [0.15, 0.2) is 39.9 Å². The van der Waals surface area contributed by atoms with Crippen LogP contribution in [-0.4, -0.2) is 37.7 Å². The average Bonchev–Trinajstić information content (AvgIpc) is 3.06. The molecule has 0 atom stereocenters. The van der Waals surface area contributed by atoms with E-state index in [1.807, 2.05) is 51.1 Å². The molecule has 0 radical (unpaired) electrons. The Labute approximate surface area is 174 Å². The number of aromatic nitrogens is 4. The molecule has 3 rings (SSSR count). The number of nitrogens with zero attached hydrogens (tertiary/aromatic N) is 4. The number of amides is 1. The van der Waals surface area contributed by atoms with Crippen molar-refractivity contribution in [3.8, 4) is 0 Å². The molecular weight excluding hydrogens is 384 g/mol. The molecule has 30 heavy (non-hydrogen) atoms. The van der Waals surface area contributed by atoms with Crippen molar-refractivity contribution in [1.82, 2.24) is 24.0 Å². The standard InChI is InChI=1S/C21H28N6O3/c1-21(2,3)18(29)22-11-12-23-19-24-16-15(17(28)26(5)20(30)25(16)4)27(19)13-14-9-7-6-8-10-14/h6-10H,11-13H2,1-5H3,(H,22,29)(H,23,24). The van der Waals surface area contributed by atoms with E-state index in [1.54, 1.807) is 11.6 Å². The second-order valence-electron chi connectivity index (χ2n) is 8.32. The van der Waals surface area contributed by atoms with E-state index in [9.17, 15) is 14.4 Å². The lowest BCUT2D eigenvalue weighted by atomic mass is 9.96. The second kappa shape index (κ2) is 8.17. The summed E-state index contributed by atoms with van der Waals surface area (Å²) in [6, 6.07) is 9.71. The summed E-state index contributed by atoms with van der Waals surface area (Å²) in [6.45, 7) is 6.80. The first-order valence-corrected chi connectivity index (χ1v) is 9.83. The Bertz CT molecular complexity index is 1180. The van der Waals surface area contributed by atoms with Crippen molar-refractivity contribution in [1.29, 1.82) is 0 Å². The number of hydrogen-bond donors (Lipinski definition) is 2. The molecule has 9 heteroatoms. The van der Waals surface area contributed by atoms with Crippen LogP contribution in [0.3, 0.4) is 0 Å². The minimum atomic E-state index is -0.467. The lowest BCUT2D eigenvalue weighted by molar-refractivity contribution is -0.128. The molecule has 2 N–H and O–H groups in total. The number of rotatable bonds is 6. The van der Waals surface area contributed by atoms with Gasteiger partial charge in [0.1, 0.15) is 0 Å². The molecule has 0 unspecified atom stereocenters. The molecule has 0 aliphatic heterocycles. The molecule has 0 saturated carbocycles. The van der Waals surface area contributed by atoms with Crippen LogP contribution in [0.4, 0.5) is 5.95 Å². The van der Waals surface area contributed by atoms with Crippen LogP contribution in [0.1, 0.15) is 26.3 Å². The summed E-state index contributed by atoms with van der Waals surface area (Å²) in [7, 11) is 3.05. The lowest BCUT2D eigenvalue weighted by Gasteiger charge is -2.18. The molecule has 0 bridgehead atoms. The second-order valence-corrected chi connectivity index (χ2v) is 8.32. The molecule has 2 heterocycles. The molecule has 0 fully saturated rings. The molecule has 9 nitrogen and oxygen atoms in total. The van der Waals surface area contributed by atoms with Gasteiger partial charge in [0.15, 0.2) is 11.2 Å². The molecule has 3 aromatic rings.